The zero-order chi connectivity index (χ0) is 15.6. The number of nitrogens with zero attached hydrogens (tertiary/aromatic N) is 3. The Kier molecular flexibility index (Phi) is 4.17. The summed E-state index contributed by atoms with van der Waals surface area (Å²) in [6, 6.07) is 11.5. The first-order valence-electron chi connectivity index (χ1n) is 8.99. The molecule has 0 aliphatic heterocycles. The number of hydrogen-bond donors (Lipinski definition) is 1. The third-order valence-electron chi connectivity index (χ3n) is 5.74. The molecule has 1 aromatic carbocycles. The van der Waals surface area contributed by atoms with Gasteiger partial charge in [-0.2, -0.15) is 0 Å². The average molecular weight is 310 g/mol. The Morgan fingerprint density at radius 1 is 1.04 bits per heavy atom. The molecular weight excluding hydrogens is 284 g/mol. The highest BCUT2D eigenvalue weighted by atomic mass is 15.3. The maximum absolute atomic E-state index is 4.43. The quantitative estimate of drug-likeness (QED) is 0.919. The SMILES string of the molecule is Cn1c(CNC2CCCC2c2ccccc2)nnc1C1CCC1. The third kappa shape index (κ3) is 2.92. The summed E-state index contributed by atoms with van der Waals surface area (Å²) in [4.78, 5) is 0. The number of hydrogen-bond acceptors (Lipinski definition) is 3. The number of aromatic nitrogens is 3. The van der Waals surface area contributed by atoms with Gasteiger partial charge in [0.1, 0.15) is 11.6 Å². The van der Waals surface area contributed by atoms with Crippen molar-refractivity contribution in [1.82, 2.24) is 20.1 Å². The molecule has 2 fully saturated rings. The Morgan fingerprint density at radius 3 is 2.57 bits per heavy atom. The summed E-state index contributed by atoms with van der Waals surface area (Å²) < 4.78 is 2.21. The molecule has 4 nitrogen and oxygen atoms in total. The van der Waals surface area contributed by atoms with Gasteiger partial charge in [0, 0.05) is 19.0 Å². The zero-order valence-corrected chi connectivity index (χ0v) is 13.9. The normalized spacial score (nSPS) is 24.7. The van der Waals surface area contributed by atoms with Gasteiger partial charge in [0.15, 0.2) is 0 Å². The molecule has 2 aromatic rings. The molecule has 0 amide bonds. The molecule has 0 bridgehead atoms. The van der Waals surface area contributed by atoms with Gasteiger partial charge in [0.2, 0.25) is 0 Å². The fraction of sp³-hybridized carbons (Fsp3) is 0.579. The Bertz CT molecular complexity index is 645. The maximum Gasteiger partial charge on any atom is 0.146 e. The van der Waals surface area contributed by atoms with E-state index in [9.17, 15) is 0 Å². The minimum atomic E-state index is 0.557. The van der Waals surface area contributed by atoms with E-state index in [0.29, 0.717) is 17.9 Å². The Labute approximate surface area is 138 Å². The molecule has 23 heavy (non-hydrogen) atoms. The summed E-state index contributed by atoms with van der Waals surface area (Å²) in [5, 5.41) is 12.6. The van der Waals surface area contributed by atoms with Crippen molar-refractivity contribution >= 4 is 0 Å². The van der Waals surface area contributed by atoms with Crippen LogP contribution >= 0.6 is 0 Å². The molecule has 0 spiro atoms. The Balaban J connectivity index is 1.41. The van der Waals surface area contributed by atoms with Crippen LogP contribution in [0.2, 0.25) is 0 Å². The molecular formula is C19H26N4. The molecule has 1 N–H and O–H groups in total. The largest absolute Gasteiger partial charge is 0.317 e. The van der Waals surface area contributed by atoms with E-state index in [2.05, 4.69) is 57.5 Å². The molecule has 2 atom stereocenters. The maximum atomic E-state index is 4.43. The van der Waals surface area contributed by atoms with E-state index in [0.717, 1.165) is 12.4 Å². The smallest absolute Gasteiger partial charge is 0.146 e. The molecule has 1 aromatic heterocycles. The molecule has 0 saturated heterocycles. The van der Waals surface area contributed by atoms with Crippen molar-refractivity contribution in [2.45, 2.75) is 62.9 Å². The van der Waals surface area contributed by atoms with Gasteiger partial charge in [0.25, 0.3) is 0 Å². The predicted octanol–water partition coefficient (Wildman–Crippen LogP) is 3.51. The number of benzene rings is 1. The summed E-state index contributed by atoms with van der Waals surface area (Å²) in [6.45, 7) is 0.824. The van der Waals surface area contributed by atoms with Crippen molar-refractivity contribution in [1.29, 1.82) is 0 Å². The van der Waals surface area contributed by atoms with Crippen LogP contribution in [0.1, 0.15) is 67.6 Å². The highest BCUT2D eigenvalue weighted by molar-refractivity contribution is 5.22. The van der Waals surface area contributed by atoms with Crippen molar-refractivity contribution in [3.05, 3.63) is 47.5 Å². The van der Waals surface area contributed by atoms with Crippen LogP contribution in [0.5, 0.6) is 0 Å². The predicted molar refractivity (Wildman–Crippen MR) is 91.3 cm³/mol. The third-order valence-corrected chi connectivity index (χ3v) is 5.74. The summed E-state index contributed by atoms with van der Waals surface area (Å²) in [5.41, 5.74) is 1.47. The van der Waals surface area contributed by atoms with Crippen LogP contribution in [0, 0.1) is 0 Å². The van der Waals surface area contributed by atoms with Gasteiger partial charge >= 0.3 is 0 Å². The van der Waals surface area contributed by atoms with Crippen LogP contribution in [0.25, 0.3) is 0 Å². The molecule has 2 aliphatic carbocycles. The summed E-state index contributed by atoms with van der Waals surface area (Å²) in [7, 11) is 2.12. The van der Waals surface area contributed by atoms with E-state index in [1.165, 1.54) is 49.9 Å². The van der Waals surface area contributed by atoms with E-state index >= 15 is 0 Å². The van der Waals surface area contributed by atoms with Crippen LogP contribution in [0.15, 0.2) is 30.3 Å². The second-order valence-corrected chi connectivity index (χ2v) is 7.10. The lowest BCUT2D eigenvalue weighted by molar-refractivity contribution is 0.390. The minimum Gasteiger partial charge on any atom is -0.317 e. The highest BCUT2D eigenvalue weighted by Gasteiger charge is 2.29. The lowest BCUT2D eigenvalue weighted by Crippen LogP contribution is -2.31. The van der Waals surface area contributed by atoms with Crippen molar-refractivity contribution in [2.75, 3.05) is 0 Å². The molecule has 4 rings (SSSR count). The summed E-state index contributed by atoms with van der Waals surface area (Å²) in [6.07, 6.45) is 7.74. The van der Waals surface area contributed by atoms with Crippen LogP contribution in [0.4, 0.5) is 0 Å². The lowest BCUT2D eigenvalue weighted by atomic mass is 9.85. The monoisotopic (exact) mass is 310 g/mol. The first-order valence-corrected chi connectivity index (χ1v) is 8.99. The van der Waals surface area contributed by atoms with Crippen molar-refractivity contribution in [3.63, 3.8) is 0 Å². The molecule has 0 radical (unpaired) electrons. The Hall–Kier alpha value is -1.68. The molecule has 1 heterocycles. The molecule has 2 aliphatic rings. The van der Waals surface area contributed by atoms with Gasteiger partial charge in [-0.3, -0.25) is 0 Å². The van der Waals surface area contributed by atoms with Crippen LogP contribution in [0.3, 0.4) is 0 Å². The summed E-state index contributed by atoms with van der Waals surface area (Å²) in [5.74, 6) is 3.53. The molecule has 2 unspecified atom stereocenters. The Morgan fingerprint density at radius 2 is 1.83 bits per heavy atom. The second-order valence-electron chi connectivity index (χ2n) is 7.10. The van der Waals surface area contributed by atoms with E-state index in [-0.39, 0.29) is 0 Å². The standard InChI is InChI=1S/C19H26N4/c1-23-18(21-22-19(23)15-9-5-10-15)13-20-17-12-6-11-16(17)14-7-3-2-4-8-14/h2-4,7-8,15-17,20H,5-6,9-13H2,1H3. The van der Waals surface area contributed by atoms with Crippen LogP contribution in [-0.4, -0.2) is 20.8 Å². The first kappa shape index (κ1) is 14.9. The molecule has 2 saturated carbocycles. The fourth-order valence-electron chi connectivity index (χ4n) is 4.08. The first-order chi connectivity index (χ1) is 11.3. The van der Waals surface area contributed by atoms with E-state index in [1.807, 2.05) is 0 Å². The van der Waals surface area contributed by atoms with Gasteiger partial charge in [0.05, 0.1) is 6.54 Å². The van der Waals surface area contributed by atoms with Crippen molar-refractivity contribution < 1.29 is 0 Å². The van der Waals surface area contributed by atoms with Gasteiger partial charge in [-0.25, -0.2) is 0 Å². The average Bonchev–Trinajstić information content (AvgIpc) is 3.13. The van der Waals surface area contributed by atoms with Crippen LogP contribution < -0.4 is 5.32 Å². The van der Waals surface area contributed by atoms with Gasteiger partial charge in [-0.15, -0.1) is 10.2 Å². The molecule has 4 heteroatoms. The minimum absolute atomic E-state index is 0.557. The summed E-state index contributed by atoms with van der Waals surface area (Å²) >= 11 is 0. The zero-order valence-electron chi connectivity index (χ0n) is 13.9. The van der Waals surface area contributed by atoms with Crippen molar-refractivity contribution in [2.24, 2.45) is 7.05 Å². The van der Waals surface area contributed by atoms with E-state index in [1.54, 1.807) is 0 Å². The number of rotatable bonds is 5. The van der Waals surface area contributed by atoms with E-state index < -0.39 is 0 Å². The van der Waals surface area contributed by atoms with Gasteiger partial charge < -0.3 is 9.88 Å². The topological polar surface area (TPSA) is 42.7 Å². The number of nitrogens with one attached hydrogen (secondary N) is 1. The van der Waals surface area contributed by atoms with Gasteiger partial charge in [-0.05, 0) is 37.2 Å². The van der Waals surface area contributed by atoms with Crippen molar-refractivity contribution in [3.8, 4) is 0 Å². The fourth-order valence-corrected chi connectivity index (χ4v) is 4.08. The van der Waals surface area contributed by atoms with E-state index in [4.69, 9.17) is 0 Å². The van der Waals surface area contributed by atoms with Gasteiger partial charge in [-0.1, -0.05) is 43.2 Å². The van der Waals surface area contributed by atoms with Crippen LogP contribution in [-0.2, 0) is 13.6 Å². The highest BCUT2D eigenvalue weighted by Crippen LogP contribution is 2.36. The second kappa shape index (κ2) is 6.44. The molecule has 122 valence electrons. The lowest BCUT2D eigenvalue weighted by Gasteiger charge is -2.24.